The van der Waals surface area contributed by atoms with E-state index >= 15 is 0 Å². The normalized spacial score (nSPS) is 36.5. The minimum Gasteiger partial charge on any atom is -0.316 e. The molecule has 1 amide bonds. The molecule has 1 heterocycles. The number of nitrogens with two attached hydrogens (primary N) is 1. The minimum atomic E-state index is -3.61. The van der Waals surface area contributed by atoms with E-state index in [9.17, 15) is 13.2 Å². The molecule has 0 unspecified atom stereocenters. The molecule has 2 aliphatic carbocycles. The molecular weight excluding hydrogens is 324 g/mol. The molecule has 1 aliphatic heterocycles. The minimum absolute atomic E-state index is 0.0450. The number of benzene rings is 1. The van der Waals surface area contributed by atoms with Gasteiger partial charge in [-0.05, 0) is 36.2 Å². The first kappa shape index (κ1) is 16.1. The van der Waals surface area contributed by atoms with Crippen molar-refractivity contribution in [1.29, 1.82) is 0 Å². The molecule has 24 heavy (non-hydrogen) atoms. The van der Waals surface area contributed by atoms with Crippen LogP contribution in [0.5, 0.6) is 0 Å². The third-order valence-corrected chi connectivity index (χ3v) is 8.97. The van der Waals surface area contributed by atoms with Gasteiger partial charge in [-0.1, -0.05) is 44.2 Å². The average Bonchev–Trinajstić information content (AvgIpc) is 3.01. The molecule has 4 atom stereocenters. The van der Waals surface area contributed by atoms with Gasteiger partial charge in [0.05, 0.1) is 11.8 Å². The molecule has 6 heteroatoms. The van der Waals surface area contributed by atoms with Crippen LogP contribution >= 0.6 is 0 Å². The fraction of sp³-hybridized carbons (Fsp3) is 0.611. The van der Waals surface area contributed by atoms with Gasteiger partial charge < -0.3 is 5.73 Å². The molecule has 1 aromatic carbocycles. The second-order valence-electron chi connectivity index (χ2n) is 8.14. The summed E-state index contributed by atoms with van der Waals surface area (Å²) in [6.07, 6.45) is 2.73. The van der Waals surface area contributed by atoms with Crippen molar-refractivity contribution in [2.24, 2.45) is 22.5 Å². The van der Waals surface area contributed by atoms with Gasteiger partial charge in [-0.3, -0.25) is 4.79 Å². The van der Waals surface area contributed by atoms with Crippen LogP contribution in [-0.4, -0.2) is 30.4 Å². The number of hydrogen-bond donors (Lipinski definition) is 1. The fourth-order valence-corrected chi connectivity index (χ4v) is 8.08. The molecule has 2 N–H and O–H groups in total. The van der Waals surface area contributed by atoms with Crippen LogP contribution in [-0.2, 0) is 14.8 Å². The molecule has 1 aromatic rings. The van der Waals surface area contributed by atoms with Crippen LogP contribution in [0.25, 0.3) is 0 Å². The molecule has 4 rings (SSSR count). The molecule has 2 bridgehead atoms. The molecule has 2 saturated carbocycles. The van der Waals surface area contributed by atoms with Gasteiger partial charge in [-0.2, -0.15) is 0 Å². The Kier molecular flexibility index (Phi) is 3.23. The van der Waals surface area contributed by atoms with Crippen LogP contribution in [0.15, 0.2) is 30.3 Å². The van der Waals surface area contributed by atoms with E-state index in [0.717, 1.165) is 23.6 Å². The van der Waals surface area contributed by atoms with Crippen molar-refractivity contribution < 1.29 is 13.2 Å². The van der Waals surface area contributed by atoms with Crippen LogP contribution in [0.4, 0.5) is 0 Å². The highest BCUT2D eigenvalue weighted by molar-refractivity contribution is 7.90. The van der Waals surface area contributed by atoms with Crippen molar-refractivity contribution in [3.05, 3.63) is 35.9 Å². The summed E-state index contributed by atoms with van der Waals surface area (Å²) in [6.45, 7) is 4.34. The molecule has 1 saturated heterocycles. The Balaban J connectivity index is 1.73. The summed E-state index contributed by atoms with van der Waals surface area (Å²) in [5.41, 5.74) is 6.44. The van der Waals surface area contributed by atoms with Crippen LogP contribution in [0.2, 0.25) is 0 Å². The number of carbonyl (C=O) groups excluding carboxylic acids is 1. The molecular formula is C18H24N2O3S. The van der Waals surface area contributed by atoms with Gasteiger partial charge in [-0.15, -0.1) is 0 Å². The van der Waals surface area contributed by atoms with E-state index in [0.29, 0.717) is 11.5 Å². The standard InChI is InChI=1S/C18H24N2O3S/c1-17(2)13-8-9-18(17)11-24(22,23)20(14(18)10-13)16(21)15(19)12-6-4-3-5-7-12/h3-7,13-15H,8-11,19H2,1-2H3/t13-,14-,15-,18-/m1/s1. The van der Waals surface area contributed by atoms with E-state index in [1.54, 1.807) is 12.1 Å². The van der Waals surface area contributed by atoms with E-state index in [2.05, 4.69) is 13.8 Å². The largest absolute Gasteiger partial charge is 0.316 e. The Morgan fingerprint density at radius 1 is 1.29 bits per heavy atom. The quantitative estimate of drug-likeness (QED) is 0.887. The number of fused-ring (bicyclic) bond motifs is 1. The number of hydrogen-bond acceptors (Lipinski definition) is 4. The van der Waals surface area contributed by atoms with E-state index in [1.807, 2.05) is 18.2 Å². The third-order valence-electron chi connectivity index (χ3n) is 7.05. The molecule has 3 fully saturated rings. The summed E-state index contributed by atoms with van der Waals surface area (Å²) in [6, 6.07) is 7.85. The summed E-state index contributed by atoms with van der Waals surface area (Å²) in [7, 11) is -3.61. The average molecular weight is 348 g/mol. The first-order valence-corrected chi connectivity index (χ1v) is 10.2. The second kappa shape index (κ2) is 4.82. The Hall–Kier alpha value is -1.40. The lowest BCUT2D eigenvalue weighted by atomic mass is 9.69. The van der Waals surface area contributed by atoms with Crippen LogP contribution in [0.1, 0.15) is 44.7 Å². The number of amides is 1. The first-order chi connectivity index (χ1) is 11.2. The van der Waals surface area contributed by atoms with Crippen molar-refractivity contribution in [3.63, 3.8) is 0 Å². The molecule has 0 radical (unpaired) electrons. The van der Waals surface area contributed by atoms with Gasteiger partial charge >= 0.3 is 0 Å². The van der Waals surface area contributed by atoms with Crippen molar-refractivity contribution in [2.45, 2.75) is 45.2 Å². The molecule has 1 spiro atoms. The number of sulfonamides is 1. The van der Waals surface area contributed by atoms with E-state index in [-0.39, 0.29) is 22.6 Å². The smallest absolute Gasteiger partial charge is 0.257 e. The van der Waals surface area contributed by atoms with Crippen LogP contribution in [0, 0.1) is 16.7 Å². The number of carbonyl (C=O) groups is 1. The highest BCUT2D eigenvalue weighted by Gasteiger charge is 2.72. The lowest BCUT2D eigenvalue weighted by Crippen LogP contribution is -2.47. The lowest BCUT2D eigenvalue weighted by Gasteiger charge is -2.37. The Morgan fingerprint density at radius 2 is 1.96 bits per heavy atom. The van der Waals surface area contributed by atoms with Crippen LogP contribution < -0.4 is 5.73 Å². The number of rotatable bonds is 2. The molecule has 130 valence electrons. The molecule has 5 nitrogen and oxygen atoms in total. The number of nitrogens with zero attached hydrogens (tertiary/aromatic N) is 1. The fourth-order valence-electron chi connectivity index (χ4n) is 5.52. The molecule has 3 aliphatic rings. The van der Waals surface area contributed by atoms with E-state index in [4.69, 9.17) is 5.73 Å². The first-order valence-electron chi connectivity index (χ1n) is 8.57. The summed E-state index contributed by atoms with van der Waals surface area (Å²) < 4.78 is 26.9. The van der Waals surface area contributed by atoms with Gasteiger partial charge in [0.2, 0.25) is 10.0 Å². The van der Waals surface area contributed by atoms with E-state index in [1.165, 1.54) is 0 Å². The third kappa shape index (κ3) is 1.84. The maximum absolute atomic E-state index is 13.0. The van der Waals surface area contributed by atoms with E-state index < -0.39 is 22.0 Å². The lowest BCUT2D eigenvalue weighted by molar-refractivity contribution is -0.130. The zero-order chi connectivity index (χ0) is 17.3. The summed E-state index contributed by atoms with van der Waals surface area (Å²) in [4.78, 5) is 13.0. The molecule has 0 aromatic heterocycles. The predicted octanol–water partition coefficient (Wildman–Crippen LogP) is 2.05. The summed E-state index contributed by atoms with van der Waals surface area (Å²) in [5, 5.41) is 0. The highest BCUT2D eigenvalue weighted by atomic mass is 32.2. The SMILES string of the molecule is CC1(C)[C@@H]2CC[C@]13CS(=O)(=O)N(C(=O)[C@H](N)c1ccccc1)[C@@H]3C2. The zero-order valence-corrected chi connectivity index (χ0v) is 14.9. The predicted molar refractivity (Wildman–Crippen MR) is 91.3 cm³/mol. The summed E-state index contributed by atoms with van der Waals surface area (Å²) >= 11 is 0. The van der Waals surface area contributed by atoms with Gasteiger partial charge in [0.15, 0.2) is 0 Å². The second-order valence-corrected chi connectivity index (χ2v) is 9.99. The van der Waals surface area contributed by atoms with Crippen molar-refractivity contribution >= 4 is 15.9 Å². The highest BCUT2D eigenvalue weighted by Crippen LogP contribution is 2.70. The van der Waals surface area contributed by atoms with Crippen LogP contribution in [0.3, 0.4) is 0 Å². The van der Waals surface area contributed by atoms with Gasteiger partial charge in [-0.25, -0.2) is 12.7 Å². The monoisotopic (exact) mass is 348 g/mol. The Morgan fingerprint density at radius 3 is 2.58 bits per heavy atom. The zero-order valence-electron chi connectivity index (χ0n) is 14.1. The van der Waals surface area contributed by atoms with Gasteiger partial charge in [0.25, 0.3) is 5.91 Å². The maximum Gasteiger partial charge on any atom is 0.257 e. The van der Waals surface area contributed by atoms with Crippen molar-refractivity contribution in [1.82, 2.24) is 4.31 Å². The maximum atomic E-state index is 13.0. The van der Waals surface area contributed by atoms with Crippen molar-refractivity contribution in [2.75, 3.05) is 5.75 Å². The Bertz CT molecular complexity index is 790. The van der Waals surface area contributed by atoms with Gasteiger partial charge in [0, 0.05) is 5.41 Å². The van der Waals surface area contributed by atoms with Crippen molar-refractivity contribution in [3.8, 4) is 0 Å². The topological polar surface area (TPSA) is 80.5 Å². The summed E-state index contributed by atoms with van der Waals surface area (Å²) in [5.74, 6) is 0.0918. The Labute approximate surface area is 143 Å². The van der Waals surface area contributed by atoms with Gasteiger partial charge in [0.1, 0.15) is 6.04 Å².